The molecule has 0 radical (unpaired) electrons. The van der Waals surface area contributed by atoms with Crippen LogP contribution in [-0.4, -0.2) is 46.5 Å². The van der Waals surface area contributed by atoms with Gasteiger partial charge in [-0.25, -0.2) is 9.97 Å². The molecule has 4 rings (SSSR count). The van der Waals surface area contributed by atoms with Gasteiger partial charge in [-0.05, 0) is 36.8 Å². The molecular formula is C22H21F3N4O2. The fourth-order valence-corrected chi connectivity index (χ4v) is 3.46. The van der Waals surface area contributed by atoms with E-state index < -0.39 is 11.7 Å². The highest BCUT2D eigenvalue weighted by Gasteiger charge is 2.30. The summed E-state index contributed by atoms with van der Waals surface area (Å²) in [5, 5.41) is 4.13. The molecule has 1 fully saturated rings. The summed E-state index contributed by atoms with van der Waals surface area (Å²) >= 11 is 0. The molecule has 0 unspecified atom stereocenters. The second-order valence-corrected chi connectivity index (χ2v) is 7.35. The number of halogens is 3. The van der Waals surface area contributed by atoms with Gasteiger partial charge in [-0.1, -0.05) is 13.0 Å². The van der Waals surface area contributed by atoms with Crippen molar-refractivity contribution in [2.24, 2.45) is 0 Å². The lowest BCUT2D eigenvalue weighted by atomic mass is 10.1. The Hall–Kier alpha value is -3.20. The van der Waals surface area contributed by atoms with Crippen LogP contribution in [0.5, 0.6) is 11.6 Å². The predicted molar refractivity (Wildman–Crippen MR) is 109 cm³/mol. The maximum Gasteiger partial charge on any atom is 0.417 e. The lowest BCUT2D eigenvalue weighted by Gasteiger charge is -2.33. The second-order valence-electron chi connectivity index (χ2n) is 7.35. The first-order chi connectivity index (χ1) is 14.8. The van der Waals surface area contributed by atoms with Crippen LogP contribution < -0.4 is 10.1 Å². The van der Waals surface area contributed by atoms with Gasteiger partial charge in [0.25, 0.3) is 5.91 Å². The van der Waals surface area contributed by atoms with Crippen LogP contribution in [0, 0.1) is 0 Å². The monoisotopic (exact) mass is 430 g/mol. The summed E-state index contributed by atoms with van der Waals surface area (Å²) < 4.78 is 43.5. The van der Waals surface area contributed by atoms with Gasteiger partial charge in [-0.15, -0.1) is 0 Å². The minimum Gasteiger partial charge on any atom is -0.439 e. The lowest BCUT2D eigenvalue weighted by molar-refractivity contribution is -0.137. The van der Waals surface area contributed by atoms with Gasteiger partial charge in [0.05, 0.1) is 11.1 Å². The van der Waals surface area contributed by atoms with E-state index in [-0.39, 0.29) is 17.8 Å². The zero-order valence-corrected chi connectivity index (χ0v) is 16.8. The number of pyridine rings is 2. The van der Waals surface area contributed by atoms with Crippen molar-refractivity contribution in [3.8, 4) is 11.6 Å². The summed E-state index contributed by atoms with van der Waals surface area (Å²) in [7, 11) is 0. The number of hydrogen-bond acceptors (Lipinski definition) is 5. The molecule has 1 N–H and O–H groups in total. The Morgan fingerprint density at radius 1 is 1.23 bits per heavy atom. The molecule has 1 aliphatic heterocycles. The van der Waals surface area contributed by atoms with E-state index in [1.54, 1.807) is 30.3 Å². The molecule has 31 heavy (non-hydrogen) atoms. The minimum atomic E-state index is -4.45. The van der Waals surface area contributed by atoms with Gasteiger partial charge < -0.3 is 15.0 Å². The maximum atomic E-state index is 12.8. The molecule has 1 atom stereocenters. The van der Waals surface area contributed by atoms with Gasteiger partial charge in [0.2, 0.25) is 5.88 Å². The summed E-state index contributed by atoms with van der Waals surface area (Å²) in [5.74, 6) is 0.362. The number of aromatic nitrogens is 2. The van der Waals surface area contributed by atoms with Crippen LogP contribution >= 0.6 is 0 Å². The van der Waals surface area contributed by atoms with Crippen molar-refractivity contribution in [2.75, 3.05) is 19.6 Å². The Bertz CT molecular complexity index is 1090. The number of carbonyl (C=O) groups is 1. The minimum absolute atomic E-state index is 0.0521. The number of piperazine rings is 1. The summed E-state index contributed by atoms with van der Waals surface area (Å²) in [6.45, 7) is 4.14. The standard InChI is InChI=1S/C22H21F3N4O2/c1-2-16-13-29(10-9-26-16)21(30)19-6-3-14-11-17(5-7-18(14)28-19)31-20-8-4-15(12-27-20)22(23,24)25/h3-8,11-12,16,26H,2,9-10,13H2,1H3/t16-/m1/s1. The number of fused-ring (bicyclic) bond motifs is 1. The highest BCUT2D eigenvalue weighted by Crippen LogP contribution is 2.30. The van der Waals surface area contributed by atoms with Gasteiger partial charge in [0.15, 0.2) is 0 Å². The smallest absolute Gasteiger partial charge is 0.417 e. The van der Waals surface area contributed by atoms with E-state index in [0.717, 1.165) is 30.6 Å². The maximum absolute atomic E-state index is 12.8. The van der Waals surface area contributed by atoms with Crippen molar-refractivity contribution < 1.29 is 22.7 Å². The quantitative estimate of drug-likeness (QED) is 0.670. The van der Waals surface area contributed by atoms with Crippen LogP contribution in [0.3, 0.4) is 0 Å². The SMILES string of the molecule is CC[C@@H]1CN(C(=O)c2ccc3cc(Oc4ccc(C(F)(F)F)cn4)ccc3n2)CCN1. The normalized spacial score (nSPS) is 17.0. The molecular weight excluding hydrogens is 409 g/mol. The second kappa shape index (κ2) is 8.50. The summed E-state index contributed by atoms with van der Waals surface area (Å²) in [5.41, 5.74) is 0.164. The Morgan fingerprint density at radius 3 is 2.77 bits per heavy atom. The van der Waals surface area contributed by atoms with E-state index in [9.17, 15) is 18.0 Å². The Kier molecular flexibility index (Phi) is 5.77. The molecule has 1 aliphatic rings. The molecule has 6 nitrogen and oxygen atoms in total. The highest BCUT2D eigenvalue weighted by molar-refractivity contribution is 5.95. The predicted octanol–water partition coefficient (Wildman–Crippen LogP) is 4.26. The van der Waals surface area contributed by atoms with Gasteiger partial charge in [-0.3, -0.25) is 4.79 Å². The van der Waals surface area contributed by atoms with Crippen molar-refractivity contribution in [2.45, 2.75) is 25.6 Å². The largest absolute Gasteiger partial charge is 0.439 e. The number of amides is 1. The average Bonchev–Trinajstić information content (AvgIpc) is 2.78. The molecule has 1 aromatic carbocycles. The molecule has 1 amide bonds. The van der Waals surface area contributed by atoms with E-state index in [4.69, 9.17) is 4.74 Å². The highest BCUT2D eigenvalue weighted by atomic mass is 19.4. The van der Waals surface area contributed by atoms with E-state index in [1.165, 1.54) is 6.07 Å². The fourth-order valence-electron chi connectivity index (χ4n) is 3.46. The first-order valence-electron chi connectivity index (χ1n) is 9.98. The number of carbonyl (C=O) groups excluding carboxylic acids is 1. The number of hydrogen-bond donors (Lipinski definition) is 1. The molecule has 0 aliphatic carbocycles. The van der Waals surface area contributed by atoms with E-state index in [0.29, 0.717) is 30.0 Å². The number of alkyl halides is 3. The zero-order chi connectivity index (χ0) is 22.0. The van der Waals surface area contributed by atoms with Crippen molar-refractivity contribution in [3.05, 3.63) is 59.9 Å². The molecule has 3 heterocycles. The van der Waals surface area contributed by atoms with E-state index >= 15 is 0 Å². The number of benzene rings is 1. The number of rotatable bonds is 4. The molecule has 0 saturated carbocycles. The Morgan fingerprint density at radius 2 is 2.06 bits per heavy atom. The Balaban J connectivity index is 1.50. The number of ether oxygens (including phenoxy) is 1. The molecule has 162 valence electrons. The summed E-state index contributed by atoms with van der Waals surface area (Å²) in [6, 6.07) is 10.9. The van der Waals surface area contributed by atoms with Crippen molar-refractivity contribution in [3.63, 3.8) is 0 Å². The van der Waals surface area contributed by atoms with Gasteiger partial charge in [-0.2, -0.15) is 13.2 Å². The first kappa shape index (κ1) is 21.0. The zero-order valence-electron chi connectivity index (χ0n) is 16.8. The topological polar surface area (TPSA) is 67.4 Å². The first-order valence-corrected chi connectivity index (χ1v) is 9.98. The molecule has 9 heteroatoms. The van der Waals surface area contributed by atoms with E-state index in [2.05, 4.69) is 22.2 Å². The van der Waals surface area contributed by atoms with Crippen LogP contribution in [0.25, 0.3) is 10.9 Å². The third-order valence-electron chi connectivity index (χ3n) is 5.20. The van der Waals surface area contributed by atoms with Crippen LogP contribution in [0.2, 0.25) is 0 Å². The van der Waals surface area contributed by atoms with Crippen LogP contribution in [0.1, 0.15) is 29.4 Å². The van der Waals surface area contributed by atoms with Gasteiger partial charge in [0, 0.05) is 43.3 Å². The fraction of sp³-hybridized carbons (Fsp3) is 0.318. The van der Waals surface area contributed by atoms with Crippen molar-refractivity contribution in [1.82, 2.24) is 20.2 Å². The number of nitrogens with one attached hydrogen (secondary N) is 1. The molecule has 0 bridgehead atoms. The van der Waals surface area contributed by atoms with Crippen LogP contribution in [0.4, 0.5) is 13.2 Å². The van der Waals surface area contributed by atoms with Crippen molar-refractivity contribution >= 4 is 16.8 Å². The molecule has 1 saturated heterocycles. The van der Waals surface area contributed by atoms with Crippen molar-refractivity contribution in [1.29, 1.82) is 0 Å². The third kappa shape index (κ3) is 4.77. The van der Waals surface area contributed by atoms with Gasteiger partial charge in [0.1, 0.15) is 11.4 Å². The Labute approximate surface area is 177 Å². The number of nitrogens with zero attached hydrogens (tertiary/aromatic N) is 3. The third-order valence-corrected chi connectivity index (χ3v) is 5.20. The van der Waals surface area contributed by atoms with Crippen LogP contribution in [-0.2, 0) is 6.18 Å². The summed E-state index contributed by atoms with van der Waals surface area (Å²) in [6.07, 6.45) is -2.77. The lowest BCUT2D eigenvalue weighted by Crippen LogP contribution is -2.52. The molecule has 2 aromatic heterocycles. The van der Waals surface area contributed by atoms with Gasteiger partial charge >= 0.3 is 6.18 Å². The summed E-state index contributed by atoms with van der Waals surface area (Å²) in [4.78, 5) is 22.8. The van der Waals surface area contributed by atoms with Crippen LogP contribution in [0.15, 0.2) is 48.7 Å². The molecule has 0 spiro atoms. The average molecular weight is 430 g/mol. The van der Waals surface area contributed by atoms with E-state index in [1.807, 2.05) is 4.90 Å². The molecule has 3 aromatic rings.